The number of hydrogen-bond acceptors (Lipinski definition) is 1. The van der Waals surface area contributed by atoms with Crippen LogP contribution in [-0.4, -0.2) is 11.1 Å². The summed E-state index contributed by atoms with van der Waals surface area (Å²) >= 11 is 0. The smallest absolute Gasteiger partial charge is 0.307 e. The highest BCUT2D eigenvalue weighted by atomic mass is 16.4. The normalized spacial score (nSPS) is 13.2. The first-order valence-corrected chi connectivity index (χ1v) is 6.90. The van der Waals surface area contributed by atoms with Crippen LogP contribution in [-0.2, 0) is 4.79 Å². The lowest BCUT2D eigenvalue weighted by atomic mass is 10.1. The molecule has 0 bridgehead atoms. The number of carbonyl (C=O) groups is 1. The van der Waals surface area contributed by atoms with Crippen molar-refractivity contribution in [2.45, 2.75) is 32.6 Å². The molecule has 0 unspecified atom stereocenters. The molecule has 2 heteroatoms. The molecule has 0 aromatic heterocycles. The quantitative estimate of drug-likeness (QED) is 0.449. The highest BCUT2D eigenvalue weighted by molar-refractivity contribution is 5.71. The van der Waals surface area contributed by atoms with Gasteiger partial charge in [0.15, 0.2) is 0 Å². The molecular formula is C18H24O2. The van der Waals surface area contributed by atoms with Crippen molar-refractivity contribution in [1.29, 1.82) is 0 Å². The van der Waals surface area contributed by atoms with Gasteiger partial charge in [-0.05, 0) is 12.0 Å². The zero-order valence-electron chi connectivity index (χ0n) is 12.2. The number of aliphatic carboxylic acids is 1. The van der Waals surface area contributed by atoms with Crippen LogP contribution < -0.4 is 0 Å². The molecule has 0 amide bonds. The maximum atomic E-state index is 10.7. The Labute approximate surface area is 122 Å². The maximum Gasteiger partial charge on any atom is 0.307 e. The fourth-order valence-electron chi connectivity index (χ4n) is 1.41. The third kappa shape index (κ3) is 12.4. The third-order valence-corrected chi connectivity index (χ3v) is 2.42. The number of carboxylic acid groups (broad SMARTS) is 1. The fourth-order valence-corrected chi connectivity index (χ4v) is 1.41. The van der Waals surface area contributed by atoms with Gasteiger partial charge in [0, 0.05) is 0 Å². The molecule has 0 atom stereocenters. The second-order valence-corrected chi connectivity index (χ2v) is 4.25. The van der Waals surface area contributed by atoms with Crippen LogP contribution >= 0.6 is 0 Å². The molecule has 0 saturated heterocycles. The standard InChI is InChI=1S/C18H24O2/c1-3-5-7-8-9-10-11-12-13-15-17(14-6-4-2)16-18(19)20/h4,6,8-15H,2-3,5,7,16H2,1H3,(H,19,20). The van der Waals surface area contributed by atoms with Crippen molar-refractivity contribution in [3.8, 4) is 0 Å². The first-order valence-electron chi connectivity index (χ1n) is 6.90. The first kappa shape index (κ1) is 17.9. The van der Waals surface area contributed by atoms with Crippen molar-refractivity contribution in [1.82, 2.24) is 0 Å². The van der Waals surface area contributed by atoms with Crippen LogP contribution in [0, 0.1) is 0 Å². The number of carboxylic acids is 1. The van der Waals surface area contributed by atoms with Crippen LogP contribution in [0.15, 0.2) is 72.9 Å². The summed E-state index contributed by atoms with van der Waals surface area (Å²) in [5, 5.41) is 8.78. The summed E-state index contributed by atoms with van der Waals surface area (Å²) < 4.78 is 0. The van der Waals surface area contributed by atoms with Crippen molar-refractivity contribution in [2.75, 3.05) is 0 Å². The molecule has 0 fully saturated rings. The Morgan fingerprint density at radius 2 is 1.80 bits per heavy atom. The summed E-state index contributed by atoms with van der Waals surface area (Å²) in [5.41, 5.74) is 0.737. The Morgan fingerprint density at radius 1 is 1.10 bits per heavy atom. The number of hydrogen-bond donors (Lipinski definition) is 1. The highest BCUT2D eigenvalue weighted by Crippen LogP contribution is 2.04. The van der Waals surface area contributed by atoms with Crippen molar-refractivity contribution < 1.29 is 9.90 Å². The van der Waals surface area contributed by atoms with Gasteiger partial charge < -0.3 is 5.11 Å². The molecule has 0 saturated carbocycles. The molecule has 0 aromatic rings. The van der Waals surface area contributed by atoms with Crippen LogP contribution in [0.4, 0.5) is 0 Å². The van der Waals surface area contributed by atoms with Crippen LogP contribution in [0.2, 0.25) is 0 Å². The highest BCUT2D eigenvalue weighted by Gasteiger charge is 1.98. The lowest BCUT2D eigenvalue weighted by Gasteiger charge is -1.94. The summed E-state index contributed by atoms with van der Waals surface area (Å²) in [4.78, 5) is 10.7. The Bertz CT molecular complexity index is 421. The number of unbranched alkanes of at least 4 members (excludes halogenated alkanes) is 2. The predicted octanol–water partition coefficient (Wildman–Crippen LogP) is 4.99. The van der Waals surface area contributed by atoms with E-state index in [4.69, 9.17) is 5.11 Å². The molecule has 0 aliphatic carbocycles. The van der Waals surface area contributed by atoms with Gasteiger partial charge in [-0.25, -0.2) is 0 Å². The van der Waals surface area contributed by atoms with E-state index in [1.807, 2.05) is 30.4 Å². The van der Waals surface area contributed by atoms with E-state index in [9.17, 15) is 4.79 Å². The first-order chi connectivity index (χ1) is 9.70. The summed E-state index contributed by atoms with van der Waals surface area (Å²) in [6, 6.07) is 0. The monoisotopic (exact) mass is 272 g/mol. The number of allylic oxidation sites excluding steroid dienone is 10. The summed E-state index contributed by atoms with van der Waals surface area (Å²) in [5.74, 6) is -0.840. The topological polar surface area (TPSA) is 37.3 Å². The van der Waals surface area contributed by atoms with Gasteiger partial charge in [-0.1, -0.05) is 87.1 Å². The third-order valence-electron chi connectivity index (χ3n) is 2.42. The molecular weight excluding hydrogens is 248 g/mol. The molecule has 0 rings (SSSR count). The van der Waals surface area contributed by atoms with Crippen LogP contribution in [0.25, 0.3) is 0 Å². The minimum Gasteiger partial charge on any atom is -0.481 e. The molecule has 0 aliphatic heterocycles. The van der Waals surface area contributed by atoms with Gasteiger partial charge in [0.05, 0.1) is 6.42 Å². The van der Waals surface area contributed by atoms with E-state index in [1.54, 1.807) is 24.3 Å². The van der Waals surface area contributed by atoms with Crippen molar-refractivity contribution in [3.63, 3.8) is 0 Å². The zero-order valence-corrected chi connectivity index (χ0v) is 12.2. The summed E-state index contributed by atoms with van der Waals surface area (Å²) in [6.45, 7) is 5.74. The molecule has 108 valence electrons. The Hall–Kier alpha value is -2.09. The Kier molecular flexibility index (Phi) is 11.9. The molecule has 0 aromatic carbocycles. The van der Waals surface area contributed by atoms with Gasteiger partial charge in [-0.2, -0.15) is 0 Å². The molecule has 0 radical (unpaired) electrons. The van der Waals surface area contributed by atoms with Crippen molar-refractivity contribution in [3.05, 3.63) is 72.9 Å². The molecule has 2 nitrogen and oxygen atoms in total. The van der Waals surface area contributed by atoms with E-state index < -0.39 is 5.97 Å². The fraction of sp³-hybridized carbons (Fsp3) is 0.278. The van der Waals surface area contributed by atoms with E-state index in [0.29, 0.717) is 0 Å². The largest absolute Gasteiger partial charge is 0.481 e. The van der Waals surface area contributed by atoms with E-state index in [1.165, 1.54) is 12.8 Å². The Morgan fingerprint density at radius 3 is 2.45 bits per heavy atom. The molecule has 1 N–H and O–H groups in total. The van der Waals surface area contributed by atoms with Crippen LogP contribution in [0.3, 0.4) is 0 Å². The van der Waals surface area contributed by atoms with E-state index in [0.717, 1.165) is 12.0 Å². The molecule has 0 spiro atoms. The van der Waals surface area contributed by atoms with Crippen LogP contribution in [0.1, 0.15) is 32.6 Å². The average Bonchev–Trinajstić information content (AvgIpc) is 2.42. The minimum atomic E-state index is -0.840. The minimum absolute atomic E-state index is 0.00924. The SMILES string of the molecule is C=CC=CC(=CC=CC=CC=CCCCC)CC(=O)O. The summed E-state index contributed by atoms with van der Waals surface area (Å²) in [7, 11) is 0. The summed E-state index contributed by atoms with van der Waals surface area (Å²) in [6.07, 6.45) is 22.2. The van der Waals surface area contributed by atoms with Crippen LogP contribution in [0.5, 0.6) is 0 Å². The zero-order chi connectivity index (χ0) is 15.1. The second kappa shape index (κ2) is 13.3. The van der Waals surface area contributed by atoms with Gasteiger partial charge in [0.1, 0.15) is 0 Å². The second-order valence-electron chi connectivity index (χ2n) is 4.25. The van der Waals surface area contributed by atoms with Gasteiger partial charge in [-0.3, -0.25) is 4.79 Å². The predicted molar refractivity (Wildman–Crippen MR) is 86.6 cm³/mol. The lowest BCUT2D eigenvalue weighted by Crippen LogP contribution is -1.95. The van der Waals surface area contributed by atoms with Gasteiger partial charge in [-0.15, -0.1) is 0 Å². The van der Waals surface area contributed by atoms with Gasteiger partial charge in [0.25, 0.3) is 0 Å². The van der Waals surface area contributed by atoms with Crippen molar-refractivity contribution in [2.24, 2.45) is 0 Å². The molecule has 0 heterocycles. The van der Waals surface area contributed by atoms with Gasteiger partial charge in [0.2, 0.25) is 0 Å². The van der Waals surface area contributed by atoms with Crippen molar-refractivity contribution >= 4 is 5.97 Å². The Balaban J connectivity index is 4.31. The van der Waals surface area contributed by atoms with E-state index in [-0.39, 0.29) is 6.42 Å². The lowest BCUT2D eigenvalue weighted by molar-refractivity contribution is -0.136. The van der Waals surface area contributed by atoms with E-state index >= 15 is 0 Å². The average molecular weight is 272 g/mol. The molecule has 20 heavy (non-hydrogen) atoms. The van der Waals surface area contributed by atoms with E-state index in [2.05, 4.69) is 19.6 Å². The number of rotatable bonds is 10. The van der Waals surface area contributed by atoms with Gasteiger partial charge >= 0.3 is 5.97 Å². The maximum absolute atomic E-state index is 10.7. The molecule has 0 aliphatic rings.